The average molecular weight is 265 g/mol. The Morgan fingerprint density at radius 1 is 1.21 bits per heavy atom. The molecule has 1 aromatic carbocycles. The van der Waals surface area contributed by atoms with Crippen molar-refractivity contribution in [3.05, 3.63) is 29.8 Å². The molecule has 0 amide bonds. The van der Waals surface area contributed by atoms with E-state index in [0.29, 0.717) is 0 Å². The van der Waals surface area contributed by atoms with Crippen molar-refractivity contribution in [3.8, 4) is 5.75 Å². The summed E-state index contributed by atoms with van der Waals surface area (Å²) in [5.41, 5.74) is 1.28. The third kappa shape index (κ3) is 7.19. The molecule has 108 valence electrons. The van der Waals surface area contributed by atoms with Crippen LogP contribution in [0.15, 0.2) is 24.3 Å². The van der Waals surface area contributed by atoms with Crippen molar-refractivity contribution < 1.29 is 9.47 Å². The maximum atomic E-state index is 5.86. The van der Waals surface area contributed by atoms with E-state index in [1.807, 2.05) is 12.1 Å². The molecule has 0 saturated carbocycles. The quantitative estimate of drug-likeness (QED) is 0.660. The summed E-state index contributed by atoms with van der Waals surface area (Å²) in [6, 6.07) is 8.28. The summed E-state index contributed by atoms with van der Waals surface area (Å²) < 4.78 is 10.9. The topological polar surface area (TPSA) is 30.5 Å². The Bertz CT molecular complexity index is 324. The predicted molar refractivity (Wildman–Crippen MR) is 79.9 cm³/mol. The molecular formula is C16H27NO2. The maximum absolute atomic E-state index is 5.86. The van der Waals surface area contributed by atoms with Crippen molar-refractivity contribution >= 4 is 0 Å². The number of unbranched alkanes of at least 4 members (excludes halogenated alkanes) is 1. The van der Waals surface area contributed by atoms with E-state index in [9.17, 15) is 0 Å². The van der Waals surface area contributed by atoms with Crippen molar-refractivity contribution in [1.82, 2.24) is 5.32 Å². The van der Waals surface area contributed by atoms with Crippen LogP contribution < -0.4 is 10.1 Å². The van der Waals surface area contributed by atoms with Gasteiger partial charge in [0.2, 0.25) is 0 Å². The minimum atomic E-state index is 0.196. The van der Waals surface area contributed by atoms with Crippen LogP contribution >= 0.6 is 0 Å². The maximum Gasteiger partial charge on any atom is 0.119 e. The summed E-state index contributed by atoms with van der Waals surface area (Å²) in [5, 5.41) is 3.40. The van der Waals surface area contributed by atoms with Crippen LogP contribution in [0.5, 0.6) is 5.75 Å². The molecule has 1 N–H and O–H groups in total. The summed E-state index contributed by atoms with van der Waals surface area (Å²) in [7, 11) is 1.73. The summed E-state index contributed by atoms with van der Waals surface area (Å²) in [5.74, 6) is 0.936. The number of nitrogens with one attached hydrogen (secondary N) is 1. The van der Waals surface area contributed by atoms with Crippen molar-refractivity contribution in [2.75, 3.05) is 26.8 Å². The first-order chi connectivity index (χ1) is 9.26. The van der Waals surface area contributed by atoms with Crippen molar-refractivity contribution in [3.63, 3.8) is 0 Å². The molecule has 0 spiro atoms. The lowest BCUT2D eigenvalue weighted by atomic mass is 10.1. The Morgan fingerprint density at radius 3 is 2.58 bits per heavy atom. The Balaban J connectivity index is 2.27. The molecule has 0 aromatic heterocycles. The number of ether oxygens (including phenoxy) is 2. The first-order valence-corrected chi connectivity index (χ1v) is 7.21. The summed E-state index contributed by atoms with van der Waals surface area (Å²) in [4.78, 5) is 0. The highest BCUT2D eigenvalue weighted by atomic mass is 16.5. The highest BCUT2D eigenvalue weighted by molar-refractivity contribution is 5.27. The van der Waals surface area contributed by atoms with E-state index in [0.717, 1.165) is 31.9 Å². The molecule has 1 unspecified atom stereocenters. The van der Waals surface area contributed by atoms with Crippen LogP contribution in [0.3, 0.4) is 0 Å². The molecule has 3 nitrogen and oxygen atoms in total. The zero-order valence-corrected chi connectivity index (χ0v) is 12.4. The number of hydrogen-bond acceptors (Lipinski definition) is 3. The first-order valence-electron chi connectivity index (χ1n) is 7.21. The normalized spacial score (nSPS) is 12.4. The molecule has 1 atom stereocenters. The SMILES string of the molecule is CCCCNCC(C)Oc1ccc(CCOC)cc1. The molecule has 19 heavy (non-hydrogen) atoms. The van der Waals surface area contributed by atoms with Crippen LogP contribution in [0.2, 0.25) is 0 Å². The standard InChI is InChI=1S/C16H27NO2/c1-4-5-11-17-13-14(2)19-16-8-6-15(7-9-16)10-12-18-3/h6-9,14,17H,4-5,10-13H2,1-3H3. The summed E-state index contributed by atoms with van der Waals surface area (Å²) in [6.45, 7) is 7.02. The van der Waals surface area contributed by atoms with Crippen molar-refractivity contribution in [1.29, 1.82) is 0 Å². The van der Waals surface area contributed by atoms with E-state index in [4.69, 9.17) is 9.47 Å². The molecule has 0 saturated heterocycles. The van der Waals surface area contributed by atoms with Gasteiger partial charge in [0.1, 0.15) is 11.9 Å². The molecule has 0 radical (unpaired) electrons. The third-order valence-electron chi connectivity index (χ3n) is 2.99. The van der Waals surface area contributed by atoms with Gasteiger partial charge in [-0.1, -0.05) is 25.5 Å². The zero-order valence-electron chi connectivity index (χ0n) is 12.4. The van der Waals surface area contributed by atoms with Gasteiger partial charge in [-0.2, -0.15) is 0 Å². The lowest BCUT2D eigenvalue weighted by Crippen LogP contribution is -2.29. The van der Waals surface area contributed by atoms with Gasteiger partial charge in [0.05, 0.1) is 6.61 Å². The average Bonchev–Trinajstić information content (AvgIpc) is 2.43. The molecule has 0 aliphatic rings. The molecule has 0 fully saturated rings. The summed E-state index contributed by atoms with van der Waals surface area (Å²) >= 11 is 0. The Kier molecular flexibility index (Phi) is 8.26. The van der Waals surface area contributed by atoms with E-state index in [1.165, 1.54) is 18.4 Å². The fourth-order valence-electron chi connectivity index (χ4n) is 1.84. The van der Waals surface area contributed by atoms with E-state index < -0.39 is 0 Å². The van der Waals surface area contributed by atoms with Gasteiger partial charge in [0, 0.05) is 13.7 Å². The summed E-state index contributed by atoms with van der Waals surface area (Å²) in [6.07, 6.45) is 3.60. The number of benzene rings is 1. The lowest BCUT2D eigenvalue weighted by molar-refractivity contribution is 0.202. The van der Waals surface area contributed by atoms with Gasteiger partial charge >= 0.3 is 0 Å². The lowest BCUT2D eigenvalue weighted by Gasteiger charge is -2.15. The Labute approximate surface area is 117 Å². The van der Waals surface area contributed by atoms with E-state index >= 15 is 0 Å². The van der Waals surface area contributed by atoms with Gasteiger partial charge in [-0.25, -0.2) is 0 Å². The van der Waals surface area contributed by atoms with Crippen LogP contribution in [0.25, 0.3) is 0 Å². The van der Waals surface area contributed by atoms with Gasteiger partial charge in [-0.15, -0.1) is 0 Å². The van der Waals surface area contributed by atoms with Gasteiger partial charge in [-0.3, -0.25) is 0 Å². The fraction of sp³-hybridized carbons (Fsp3) is 0.625. The predicted octanol–water partition coefficient (Wildman–Crippen LogP) is 3.03. The molecule has 0 aliphatic heterocycles. The van der Waals surface area contributed by atoms with Crippen LogP contribution in [0.4, 0.5) is 0 Å². The van der Waals surface area contributed by atoms with E-state index in [1.54, 1.807) is 7.11 Å². The molecule has 1 aromatic rings. The second-order valence-corrected chi connectivity index (χ2v) is 4.87. The van der Waals surface area contributed by atoms with Crippen molar-refractivity contribution in [2.45, 2.75) is 39.2 Å². The largest absolute Gasteiger partial charge is 0.489 e. The van der Waals surface area contributed by atoms with Gasteiger partial charge in [0.15, 0.2) is 0 Å². The first kappa shape index (κ1) is 16.0. The van der Waals surface area contributed by atoms with Gasteiger partial charge < -0.3 is 14.8 Å². The van der Waals surface area contributed by atoms with E-state index in [-0.39, 0.29) is 6.10 Å². The van der Waals surface area contributed by atoms with Crippen LogP contribution in [-0.2, 0) is 11.2 Å². The third-order valence-corrected chi connectivity index (χ3v) is 2.99. The minimum absolute atomic E-state index is 0.196. The van der Waals surface area contributed by atoms with Crippen LogP contribution in [0.1, 0.15) is 32.3 Å². The molecule has 1 rings (SSSR count). The van der Waals surface area contributed by atoms with Crippen LogP contribution in [0, 0.1) is 0 Å². The second-order valence-electron chi connectivity index (χ2n) is 4.87. The van der Waals surface area contributed by atoms with Gasteiger partial charge in [0.25, 0.3) is 0 Å². The number of hydrogen-bond donors (Lipinski definition) is 1. The molecule has 0 aliphatic carbocycles. The monoisotopic (exact) mass is 265 g/mol. The smallest absolute Gasteiger partial charge is 0.119 e. The Morgan fingerprint density at radius 2 is 1.95 bits per heavy atom. The highest BCUT2D eigenvalue weighted by Crippen LogP contribution is 2.14. The van der Waals surface area contributed by atoms with E-state index in [2.05, 4.69) is 31.3 Å². The molecular weight excluding hydrogens is 238 g/mol. The van der Waals surface area contributed by atoms with Gasteiger partial charge in [-0.05, 0) is 44.0 Å². The van der Waals surface area contributed by atoms with Crippen molar-refractivity contribution in [2.24, 2.45) is 0 Å². The fourth-order valence-corrected chi connectivity index (χ4v) is 1.84. The molecule has 0 bridgehead atoms. The van der Waals surface area contributed by atoms with Crippen LogP contribution in [-0.4, -0.2) is 32.9 Å². The second kappa shape index (κ2) is 9.82. The zero-order chi connectivity index (χ0) is 13.9. The Hall–Kier alpha value is -1.06. The number of methoxy groups -OCH3 is 1. The number of rotatable bonds is 10. The molecule has 0 heterocycles. The molecule has 3 heteroatoms. The minimum Gasteiger partial charge on any atom is -0.489 e. The highest BCUT2D eigenvalue weighted by Gasteiger charge is 2.03.